The third kappa shape index (κ3) is 2.70. The molecule has 1 aromatic rings. The Bertz CT molecular complexity index is 350. The highest BCUT2D eigenvalue weighted by Crippen LogP contribution is 2.13. The van der Waals surface area contributed by atoms with Gasteiger partial charge in [0.25, 0.3) is 0 Å². The largest absolute Gasteiger partial charge is 0.378 e. The van der Waals surface area contributed by atoms with Crippen LogP contribution in [-0.2, 0) is 4.74 Å². The third-order valence-electron chi connectivity index (χ3n) is 2.38. The third-order valence-corrected chi connectivity index (χ3v) is 2.38. The molecule has 0 aromatic carbocycles. The van der Waals surface area contributed by atoms with Crippen LogP contribution in [0.2, 0.25) is 0 Å². The van der Waals surface area contributed by atoms with Crippen molar-refractivity contribution in [3.05, 3.63) is 24.9 Å². The minimum Gasteiger partial charge on any atom is -0.378 e. The average molecular weight is 220 g/mol. The van der Waals surface area contributed by atoms with E-state index in [1.807, 2.05) is 6.07 Å². The molecule has 1 aromatic heterocycles. The van der Waals surface area contributed by atoms with Gasteiger partial charge in [-0.1, -0.05) is 6.08 Å². The van der Waals surface area contributed by atoms with Crippen LogP contribution in [0.5, 0.6) is 0 Å². The number of nitrogens with zero attached hydrogens (tertiary/aromatic N) is 3. The summed E-state index contributed by atoms with van der Waals surface area (Å²) in [5.74, 6) is 1.59. The molecule has 0 amide bonds. The molecule has 5 heteroatoms. The van der Waals surface area contributed by atoms with Gasteiger partial charge in [-0.05, 0) is 6.07 Å². The maximum Gasteiger partial charge on any atom is 0.224 e. The highest BCUT2D eigenvalue weighted by atomic mass is 16.5. The molecule has 0 bridgehead atoms. The lowest BCUT2D eigenvalue weighted by Crippen LogP contribution is -2.36. The van der Waals surface area contributed by atoms with Crippen molar-refractivity contribution in [2.24, 2.45) is 0 Å². The van der Waals surface area contributed by atoms with Gasteiger partial charge in [0.1, 0.15) is 5.82 Å². The summed E-state index contributed by atoms with van der Waals surface area (Å²) in [6.45, 7) is 7.62. The van der Waals surface area contributed by atoms with E-state index in [2.05, 4.69) is 26.8 Å². The summed E-state index contributed by atoms with van der Waals surface area (Å²) in [6.07, 6.45) is 3.55. The molecular formula is C11H16N4O. The standard InChI is InChI=1S/C11H16N4O/c1-2-4-12-11-13-5-3-10(14-11)15-6-8-16-9-7-15/h2-3,5H,1,4,6-9H2,(H,12,13,14). The molecule has 5 nitrogen and oxygen atoms in total. The van der Waals surface area contributed by atoms with Crippen molar-refractivity contribution in [2.75, 3.05) is 43.1 Å². The Kier molecular flexibility index (Phi) is 3.71. The van der Waals surface area contributed by atoms with Gasteiger partial charge in [0.2, 0.25) is 5.95 Å². The normalized spacial score (nSPS) is 15.9. The van der Waals surface area contributed by atoms with Crippen LogP contribution in [0.4, 0.5) is 11.8 Å². The second kappa shape index (κ2) is 5.46. The summed E-state index contributed by atoms with van der Waals surface area (Å²) in [5, 5.41) is 3.08. The molecule has 1 N–H and O–H groups in total. The Hall–Kier alpha value is -1.62. The van der Waals surface area contributed by atoms with E-state index in [0.717, 1.165) is 32.1 Å². The number of ether oxygens (including phenoxy) is 1. The molecule has 1 saturated heterocycles. The molecule has 2 heterocycles. The number of nitrogens with one attached hydrogen (secondary N) is 1. The van der Waals surface area contributed by atoms with E-state index in [-0.39, 0.29) is 0 Å². The molecule has 0 atom stereocenters. The Labute approximate surface area is 95.2 Å². The second-order valence-corrected chi connectivity index (χ2v) is 3.51. The fourth-order valence-corrected chi connectivity index (χ4v) is 1.57. The van der Waals surface area contributed by atoms with Crippen molar-refractivity contribution in [2.45, 2.75) is 0 Å². The minimum atomic E-state index is 0.642. The van der Waals surface area contributed by atoms with Crippen LogP contribution >= 0.6 is 0 Å². The molecular weight excluding hydrogens is 204 g/mol. The van der Waals surface area contributed by atoms with Gasteiger partial charge < -0.3 is 15.0 Å². The molecule has 0 spiro atoms. The fourth-order valence-electron chi connectivity index (χ4n) is 1.57. The number of rotatable bonds is 4. The summed E-state index contributed by atoms with van der Waals surface area (Å²) in [4.78, 5) is 10.8. The molecule has 1 aliphatic rings. The topological polar surface area (TPSA) is 50.3 Å². The number of aromatic nitrogens is 2. The Balaban J connectivity index is 2.05. The fraction of sp³-hybridized carbons (Fsp3) is 0.455. The van der Waals surface area contributed by atoms with Gasteiger partial charge in [-0.2, -0.15) is 4.98 Å². The first kappa shape index (κ1) is 10.9. The molecule has 16 heavy (non-hydrogen) atoms. The molecule has 1 fully saturated rings. The van der Waals surface area contributed by atoms with E-state index in [4.69, 9.17) is 4.74 Å². The number of hydrogen-bond donors (Lipinski definition) is 1. The number of morpholine rings is 1. The summed E-state index contributed by atoms with van der Waals surface area (Å²) in [6, 6.07) is 1.92. The van der Waals surface area contributed by atoms with Gasteiger partial charge >= 0.3 is 0 Å². The van der Waals surface area contributed by atoms with E-state index >= 15 is 0 Å². The molecule has 1 aliphatic heterocycles. The highest BCUT2D eigenvalue weighted by Gasteiger charge is 2.12. The molecule has 0 aliphatic carbocycles. The first-order valence-electron chi connectivity index (χ1n) is 5.40. The summed E-state index contributed by atoms with van der Waals surface area (Å²) >= 11 is 0. The zero-order valence-corrected chi connectivity index (χ0v) is 9.22. The van der Waals surface area contributed by atoms with Crippen molar-refractivity contribution in [3.8, 4) is 0 Å². The highest BCUT2D eigenvalue weighted by molar-refractivity contribution is 5.42. The summed E-state index contributed by atoms with van der Waals surface area (Å²) in [5.41, 5.74) is 0. The van der Waals surface area contributed by atoms with Crippen LogP contribution in [-0.4, -0.2) is 42.8 Å². The van der Waals surface area contributed by atoms with E-state index < -0.39 is 0 Å². The monoisotopic (exact) mass is 220 g/mol. The molecule has 0 saturated carbocycles. The van der Waals surface area contributed by atoms with Crippen LogP contribution in [0.25, 0.3) is 0 Å². The van der Waals surface area contributed by atoms with Crippen molar-refractivity contribution in [1.82, 2.24) is 9.97 Å². The van der Waals surface area contributed by atoms with Gasteiger partial charge in [-0.25, -0.2) is 4.98 Å². The SMILES string of the molecule is C=CCNc1nccc(N2CCOCC2)n1. The molecule has 0 radical (unpaired) electrons. The van der Waals surface area contributed by atoms with Crippen LogP contribution in [0.3, 0.4) is 0 Å². The van der Waals surface area contributed by atoms with Gasteiger partial charge in [0, 0.05) is 25.8 Å². The first-order valence-corrected chi connectivity index (χ1v) is 5.40. The average Bonchev–Trinajstić information content (AvgIpc) is 2.38. The lowest BCUT2D eigenvalue weighted by molar-refractivity contribution is 0.122. The Morgan fingerprint density at radius 3 is 3.06 bits per heavy atom. The molecule has 2 rings (SSSR count). The minimum absolute atomic E-state index is 0.642. The Morgan fingerprint density at radius 1 is 1.50 bits per heavy atom. The molecule has 86 valence electrons. The van der Waals surface area contributed by atoms with E-state index in [9.17, 15) is 0 Å². The van der Waals surface area contributed by atoms with Gasteiger partial charge in [0.15, 0.2) is 0 Å². The zero-order valence-electron chi connectivity index (χ0n) is 9.22. The predicted octanol–water partition coefficient (Wildman–Crippen LogP) is 0.911. The van der Waals surface area contributed by atoms with Crippen LogP contribution in [0, 0.1) is 0 Å². The lowest BCUT2D eigenvalue weighted by atomic mass is 10.4. The predicted molar refractivity (Wildman–Crippen MR) is 63.8 cm³/mol. The van der Waals surface area contributed by atoms with Gasteiger partial charge in [0.05, 0.1) is 13.2 Å². The van der Waals surface area contributed by atoms with Crippen LogP contribution < -0.4 is 10.2 Å². The number of hydrogen-bond acceptors (Lipinski definition) is 5. The van der Waals surface area contributed by atoms with E-state index in [1.54, 1.807) is 12.3 Å². The van der Waals surface area contributed by atoms with Gasteiger partial charge in [-0.3, -0.25) is 0 Å². The first-order chi connectivity index (χ1) is 7.90. The summed E-state index contributed by atoms with van der Waals surface area (Å²) < 4.78 is 5.30. The second-order valence-electron chi connectivity index (χ2n) is 3.51. The molecule has 0 unspecified atom stereocenters. The van der Waals surface area contributed by atoms with Crippen molar-refractivity contribution >= 4 is 11.8 Å². The quantitative estimate of drug-likeness (QED) is 0.764. The van der Waals surface area contributed by atoms with E-state index in [1.165, 1.54) is 0 Å². The van der Waals surface area contributed by atoms with E-state index in [0.29, 0.717) is 12.5 Å². The van der Waals surface area contributed by atoms with Crippen molar-refractivity contribution in [1.29, 1.82) is 0 Å². The lowest BCUT2D eigenvalue weighted by Gasteiger charge is -2.27. The van der Waals surface area contributed by atoms with Crippen LogP contribution in [0.15, 0.2) is 24.9 Å². The number of anilines is 2. The van der Waals surface area contributed by atoms with Crippen molar-refractivity contribution < 1.29 is 4.74 Å². The van der Waals surface area contributed by atoms with Gasteiger partial charge in [-0.15, -0.1) is 6.58 Å². The summed E-state index contributed by atoms with van der Waals surface area (Å²) in [7, 11) is 0. The van der Waals surface area contributed by atoms with Crippen molar-refractivity contribution in [3.63, 3.8) is 0 Å². The van der Waals surface area contributed by atoms with Crippen LogP contribution in [0.1, 0.15) is 0 Å². The maximum atomic E-state index is 5.30. The Morgan fingerprint density at radius 2 is 2.31 bits per heavy atom. The maximum absolute atomic E-state index is 5.30. The zero-order chi connectivity index (χ0) is 11.2. The smallest absolute Gasteiger partial charge is 0.224 e.